The van der Waals surface area contributed by atoms with Gasteiger partial charge in [0, 0.05) is 11.1 Å². The average Bonchev–Trinajstić information content (AvgIpc) is 3.08. The molecule has 2 aromatic carbocycles. The van der Waals surface area contributed by atoms with E-state index < -0.39 is 0 Å². The summed E-state index contributed by atoms with van der Waals surface area (Å²) in [5.41, 5.74) is 2.09. The smallest absolute Gasteiger partial charge is 0.216 e. The number of hydrogen-bond acceptors (Lipinski definition) is 6. The molecule has 3 aromatic rings. The number of nitrogens with zero attached hydrogens (tertiary/aromatic N) is 3. The number of allylic oxidation sites excluding steroid dienone is 1. The highest BCUT2D eigenvalue weighted by molar-refractivity contribution is 7.71. The van der Waals surface area contributed by atoms with E-state index in [1.165, 1.54) is 10.9 Å². The first-order valence-electron chi connectivity index (χ1n) is 8.45. The monoisotopic (exact) mass is 396 g/mol. The predicted molar refractivity (Wildman–Crippen MR) is 111 cm³/mol. The molecule has 0 aliphatic heterocycles. The van der Waals surface area contributed by atoms with Crippen molar-refractivity contribution in [2.75, 3.05) is 14.2 Å². The lowest BCUT2D eigenvalue weighted by molar-refractivity contribution is 0.355. The highest BCUT2D eigenvalue weighted by Crippen LogP contribution is 2.31. The highest BCUT2D eigenvalue weighted by atomic mass is 32.1. The maximum Gasteiger partial charge on any atom is 0.216 e. The fourth-order valence-corrected chi connectivity index (χ4v) is 2.90. The first-order valence-corrected chi connectivity index (χ1v) is 8.85. The van der Waals surface area contributed by atoms with Crippen LogP contribution >= 0.6 is 12.2 Å². The Morgan fingerprint density at radius 1 is 1.25 bits per heavy atom. The van der Waals surface area contributed by atoms with Gasteiger partial charge in [0.2, 0.25) is 4.77 Å². The molecular weight excluding hydrogens is 376 g/mol. The number of hydrogen-bond donors (Lipinski definition) is 2. The third-order valence-corrected chi connectivity index (χ3v) is 4.38. The molecule has 0 unspecified atom stereocenters. The number of ether oxygens (including phenoxy) is 2. The molecule has 0 aliphatic carbocycles. The topological polar surface area (TPSA) is 84.7 Å². The average molecular weight is 396 g/mol. The Morgan fingerprint density at radius 2 is 2.04 bits per heavy atom. The van der Waals surface area contributed by atoms with Crippen molar-refractivity contribution in [1.82, 2.24) is 14.9 Å². The van der Waals surface area contributed by atoms with E-state index in [-0.39, 0.29) is 5.75 Å². The summed E-state index contributed by atoms with van der Waals surface area (Å²) >= 11 is 5.30. The van der Waals surface area contributed by atoms with Crippen molar-refractivity contribution in [3.63, 3.8) is 0 Å². The van der Waals surface area contributed by atoms with E-state index in [4.69, 9.17) is 21.7 Å². The number of aromatic amines is 1. The summed E-state index contributed by atoms with van der Waals surface area (Å²) in [5.74, 6) is 1.84. The molecule has 0 bridgehead atoms. The molecule has 0 aliphatic rings. The van der Waals surface area contributed by atoms with Crippen LogP contribution in [0.2, 0.25) is 0 Å². The lowest BCUT2D eigenvalue weighted by Gasteiger charge is -2.09. The van der Waals surface area contributed by atoms with Gasteiger partial charge in [-0.2, -0.15) is 14.9 Å². The van der Waals surface area contributed by atoms with Crippen molar-refractivity contribution in [1.29, 1.82) is 0 Å². The van der Waals surface area contributed by atoms with Crippen molar-refractivity contribution < 1.29 is 14.6 Å². The number of nitrogens with one attached hydrogen (secondary N) is 1. The largest absolute Gasteiger partial charge is 0.507 e. The van der Waals surface area contributed by atoms with E-state index in [2.05, 4.69) is 21.9 Å². The molecule has 7 nitrogen and oxygen atoms in total. The molecule has 0 saturated carbocycles. The van der Waals surface area contributed by atoms with Crippen LogP contribution in [0.1, 0.15) is 11.1 Å². The van der Waals surface area contributed by atoms with E-state index in [0.717, 1.165) is 11.1 Å². The lowest BCUT2D eigenvalue weighted by atomic mass is 10.1. The fraction of sp³-hybridized carbons (Fsp3) is 0.150. The van der Waals surface area contributed by atoms with Crippen molar-refractivity contribution in [2.45, 2.75) is 6.42 Å². The molecular formula is C20H20N4O3S. The summed E-state index contributed by atoms with van der Waals surface area (Å²) in [6, 6.07) is 10.9. The Balaban J connectivity index is 2.01. The van der Waals surface area contributed by atoms with Crippen molar-refractivity contribution in [3.05, 3.63) is 65.0 Å². The second-order valence-corrected chi connectivity index (χ2v) is 6.21. The number of phenols is 1. The number of methoxy groups -OCH3 is 2. The van der Waals surface area contributed by atoms with E-state index in [1.54, 1.807) is 38.5 Å². The minimum atomic E-state index is 0.161. The molecule has 0 radical (unpaired) electrons. The molecule has 3 rings (SSSR count). The zero-order valence-electron chi connectivity index (χ0n) is 15.5. The van der Waals surface area contributed by atoms with Crippen LogP contribution in [-0.4, -0.2) is 40.4 Å². The van der Waals surface area contributed by atoms with Crippen LogP contribution in [0.25, 0.3) is 11.4 Å². The summed E-state index contributed by atoms with van der Waals surface area (Å²) in [6.45, 7) is 3.70. The number of para-hydroxylation sites is 1. The van der Waals surface area contributed by atoms with Gasteiger partial charge in [0.15, 0.2) is 17.3 Å². The predicted octanol–water partition coefficient (Wildman–Crippen LogP) is 3.94. The van der Waals surface area contributed by atoms with E-state index in [0.29, 0.717) is 34.1 Å². The van der Waals surface area contributed by atoms with E-state index >= 15 is 0 Å². The van der Waals surface area contributed by atoms with Gasteiger partial charge in [-0.25, -0.2) is 5.10 Å². The van der Waals surface area contributed by atoms with Gasteiger partial charge in [0.25, 0.3) is 0 Å². The molecule has 0 saturated heterocycles. The molecule has 8 heteroatoms. The van der Waals surface area contributed by atoms with E-state index in [9.17, 15) is 5.11 Å². The van der Waals surface area contributed by atoms with Crippen LogP contribution in [0.4, 0.5) is 0 Å². The van der Waals surface area contributed by atoms with Gasteiger partial charge in [-0.1, -0.05) is 18.2 Å². The molecule has 0 atom stereocenters. The first kappa shape index (κ1) is 19.4. The third-order valence-electron chi connectivity index (χ3n) is 4.12. The van der Waals surface area contributed by atoms with Gasteiger partial charge in [0.1, 0.15) is 5.75 Å². The van der Waals surface area contributed by atoms with Crippen LogP contribution in [0.3, 0.4) is 0 Å². The summed E-state index contributed by atoms with van der Waals surface area (Å²) in [6.07, 6.45) is 3.84. The quantitative estimate of drug-likeness (QED) is 0.359. The lowest BCUT2D eigenvalue weighted by Crippen LogP contribution is -1.97. The summed E-state index contributed by atoms with van der Waals surface area (Å²) in [4.78, 5) is 0. The Bertz CT molecular complexity index is 1090. The number of rotatable bonds is 7. The van der Waals surface area contributed by atoms with Gasteiger partial charge < -0.3 is 14.6 Å². The zero-order valence-corrected chi connectivity index (χ0v) is 16.4. The molecule has 0 spiro atoms. The van der Waals surface area contributed by atoms with Crippen LogP contribution in [-0.2, 0) is 6.42 Å². The molecule has 1 aromatic heterocycles. The molecule has 1 heterocycles. The molecule has 0 amide bonds. The summed E-state index contributed by atoms with van der Waals surface area (Å²) in [5, 5.41) is 21.8. The van der Waals surface area contributed by atoms with Crippen LogP contribution in [0, 0.1) is 4.77 Å². The molecule has 2 N–H and O–H groups in total. The second kappa shape index (κ2) is 8.53. The Hall–Kier alpha value is -3.39. The fourth-order valence-electron chi connectivity index (χ4n) is 2.72. The van der Waals surface area contributed by atoms with Crippen LogP contribution in [0.15, 0.2) is 54.2 Å². The molecule has 28 heavy (non-hydrogen) atoms. The maximum absolute atomic E-state index is 10.4. The van der Waals surface area contributed by atoms with Gasteiger partial charge in [-0.05, 0) is 48.5 Å². The van der Waals surface area contributed by atoms with E-state index in [1.807, 2.05) is 18.2 Å². The first-order chi connectivity index (χ1) is 13.6. The summed E-state index contributed by atoms with van der Waals surface area (Å²) in [7, 11) is 3.14. The second-order valence-electron chi connectivity index (χ2n) is 5.83. The van der Waals surface area contributed by atoms with Gasteiger partial charge in [-0.3, -0.25) is 0 Å². The number of H-pyrrole nitrogens is 1. The highest BCUT2D eigenvalue weighted by Gasteiger charge is 2.12. The molecule has 144 valence electrons. The number of benzene rings is 2. The Labute approximate surface area is 167 Å². The minimum Gasteiger partial charge on any atom is -0.507 e. The van der Waals surface area contributed by atoms with Crippen LogP contribution in [0.5, 0.6) is 17.2 Å². The Morgan fingerprint density at radius 3 is 2.75 bits per heavy atom. The zero-order chi connectivity index (χ0) is 20.1. The maximum atomic E-state index is 10.4. The van der Waals surface area contributed by atoms with Crippen molar-refractivity contribution >= 4 is 18.4 Å². The minimum absolute atomic E-state index is 0.161. The van der Waals surface area contributed by atoms with Crippen molar-refractivity contribution in [2.24, 2.45) is 5.10 Å². The SMILES string of the molecule is C=CCc1cccc(C=Nn2c(-c3ccc(OC)c(OC)c3)n[nH]c2=S)c1O. The standard InChI is InChI=1S/C20H20N4O3S/c1-4-6-13-7-5-8-15(18(13)25)12-21-24-19(22-23-20(24)28)14-9-10-16(26-2)17(11-14)27-3/h4-5,7-12,25H,1,6H2,2-3H3,(H,23,28). The third kappa shape index (κ3) is 3.81. The number of aromatic hydroxyl groups is 1. The number of aromatic nitrogens is 3. The normalized spacial score (nSPS) is 10.9. The Kier molecular flexibility index (Phi) is 5.90. The number of phenolic OH excluding ortho intramolecular Hbond substituents is 1. The summed E-state index contributed by atoms with van der Waals surface area (Å²) < 4.78 is 12.4. The van der Waals surface area contributed by atoms with Crippen molar-refractivity contribution in [3.8, 4) is 28.6 Å². The van der Waals surface area contributed by atoms with Crippen LogP contribution < -0.4 is 9.47 Å². The van der Waals surface area contributed by atoms with Gasteiger partial charge in [0.05, 0.1) is 20.4 Å². The van der Waals surface area contributed by atoms with Gasteiger partial charge in [-0.15, -0.1) is 6.58 Å². The molecule has 0 fully saturated rings. The van der Waals surface area contributed by atoms with Gasteiger partial charge >= 0.3 is 0 Å².